The van der Waals surface area contributed by atoms with Crippen LogP contribution in [-0.4, -0.2) is 34.1 Å². The summed E-state index contributed by atoms with van der Waals surface area (Å²) in [5.74, 6) is 0. The number of nitrogens with zero attached hydrogens (tertiary/aromatic N) is 2. The van der Waals surface area contributed by atoms with E-state index in [2.05, 4.69) is 56.8 Å². The average molecular weight is 307 g/mol. The molecule has 1 saturated heterocycles. The highest BCUT2D eigenvalue weighted by Crippen LogP contribution is 2.28. The number of aryl methyl sites for hydroxylation is 1. The van der Waals surface area contributed by atoms with Gasteiger partial charge in [-0.25, -0.2) is 9.97 Å². The Kier molecular flexibility index (Phi) is 3.71. The van der Waals surface area contributed by atoms with Crippen LogP contribution in [0.4, 0.5) is 5.69 Å². The standard InChI is InChI=1S/C18H21N5/c1-12-8-15(22-14-4-6-19-7-5-14)2-3-16(12)17-9-13-10-20-11-21-18(13)23-17/h2-3,8-11,14,19,22H,4-7H2,1H3,(H,20,21,23). The maximum absolute atomic E-state index is 4.27. The summed E-state index contributed by atoms with van der Waals surface area (Å²) in [6.45, 7) is 4.36. The Balaban J connectivity index is 1.59. The molecule has 0 amide bonds. The van der Waals surface area contributed by atoms with Crippen molar-refractivity contribution in [1.82, 2.24) is 20.3 Å². The van der Waals surface area contributed by atoms with E-state index in [0.717, 1.165) is 29.8 Å². The van der Waals surface area contributed by atoms with Crippen LogP contribution in [0.5, 0.6) is 0 Å². The van der Waals surface area contributed by atoms with E-state index in [1.807, 2.05) is 6.20 Å². The Hall–Kier alpha value is -2.40. The summed E-state index contributed by atoms with van der Waals surface area (Å²) >= 11 is 0. The second kappa shape index (κ2) is 6.01. The van der Waals surface area contributed by atoms with Crippen molar-refractivity contribution in [2.75, 3.05) is 18.4 Å². The number of benzene rings is 1. The summed E-state index contributed by atoms with van der Waals surface area (Å²) in [4.78, 5) is 11.7. The zero-order valence-corrected chi connectivity index (χ0v) is 13.3. The number of fused-ring (bicyclic) bond motifs is 1. The Morgan fingerprint density at radius 3 is 2.83 bits per heavy atom. The van der Waals surface area contributed by atoms with Crippen LogP contribution >= 0.6 is 0 Å². The number of hydrogen-bond donors (Lipinski definition) is 3. The minimum Gasteiger partial charge on any atom is -0.382 e. The Morgan fingerprint density at radius 2 is 2.04 bits per heavy atom. The van der Waals surface area contributed by atoms with Crippen molar-refractivity contribution >= 4 is 16.7 Å². The number of anilines is 1. The second-order valence-electron chi connectivity index (χ2n) is 6.21. The fourth-order valence-corrected chi connectivity index (χ4v) is 3.27. The van der Waals surface area contributed by atoms with Gasteiger partial charge in [-0.05, 0) is 56.6 Å². The summed E-state index contributed by atoms with van der Waals surface area (Å²) in [6.07, 6.45) is 5.77. The number of aromatic nitrogens is 3. The van der Waals surface area contributed by atoms with Crippen molar-refractivity contribution in [3.8, 4) is 11.3 Å². The van der Waals surface area contributed by atoms with Crippen LogP contribution in [0.3, 0.4) is 0 Å². The van der Waals surface area contributed by atoms with Crippen LogP contribution in [0, 0.1) is 6.92 Å². The van der Waals surface area contributed by atoms with E-state index >= 15 is 0 Å². The lowest BCUT2D eigenvalue weighted by molar-refractivity contribution is 0.479. The molecule has 4 rings (SSSR count). The van der Waals surface area contributed by atoms with Crippen LogP contribution in [-0.2, 0) is 0 Å². The monoisotopic (exact) mass is 307 g/mol. The van der Waals surface area contributed by atoms with Gasteiger partial charge in [0.05, 0.1) is 0 Å². The normalized spacial score (nSPS) is 15.9. The van der Waals surface area contributed by atoms with Gasteiger partial charge >= 0.3 is 0 Å². The lowest BCUT2D eigenvalue weighted by atomic mass is 10.0. The number of H-pyrrole nitrogens is 1. The van der Waals surface area contributed by atoms with Gasteiger partial charge < -0.3 is 15.6 Å². The summed E-state index contributed by atoms with van der Waals surface area (Å²) in [5.41, 5.74) is 5.63. The fraction of sp³-hybridized carbons (Fsp3) is 0.333. The molecule has 118 valence electrons. The van der Waals surface area contributed by atoms with E-state index in [9.17, 15) is 0 Å². The highest BCUT2D eigenvalue weighted by Gasteiger charge is 2.13. The Labute approximate surface area is 135 Å². The molecule has 1 aromatic carbocycles. The lowest BCUT2D eigenvalue weighted by Gasteiger charge is -2.25. The molecule has 23 heavy (non-hydrogen) atoms. The molecule has 1 fully saturated rings. The molecule has 0 radical (unpaired) electrons. The van der Waals surface area contributed by atoms with E-state index in [-0.39, 0.29) is 0 Å². The number of rotatable bonds is 3. The van der Waals surface area contributed by atoms with Gasteiger partial charge in [0, 0.05) is 34.6 Å². The summed E-state index contributed by atoms with van der Waals surface area (Å²) in [5, 5.41) is 8.09. The SMILES string of the molecule is Cc1cc(NC2CCNCC2)ccc1-c1cc2cncnc2[nH]1. The van der Waals surface area contributed by atoms with Crippen molar-refractivity contribution in [2.45, 2.75) is 25.8 Å². The quantitative estimate of drug-likeness (QED) is 0.695. The molecule has 3 heterocycles. The molecule has 0 aliphatic carbocycles. The van der Waals surface area contributed by atoms with Gasteiger partial charge in [0.2, 0.25) is 0 Å². The van der Waals surface area contributed by atoms with E-state index in [0.29, 0.717) is 6.04 Å². The average Bonchev–Trinajstić information content (AvgIpc) is 2.99. The first-order chi connectivity index (χ1) is 11.3. The van der Waals surface area contributed by atoms with Gasteiger partial charge in [-0.2, -0.15) is 0 Å². The summed E-state index contributed by atoms with van der Waals surface area (Å²) in [6, 6.07) is 9.26. The predicted octanol–water partition coefficient (Wildman–Crippen LogP) is 3.10. The van der Waals surface area contributed by atoms with Crippen LogP contribution in [0.2, 0.25) is 0 Å². The van der Waals surface area contributed by atoms with Crippen molar-refractivity contribution in [2.24, 2.45) is 0 Å². The van der Waals surface area contributed by atoms with Gasteiger partial charge in [-0.3, -0.25) is 0 Å². The number of piperidine rings is 1. The number of nitrogens with one attached hydrogen (secondary N) is 3. The zero-order chi connectivity index (χ0) is 15.6. The second-order valence-corrected chi connectivity index (χ2v) is 6.21. The van der Waals surface area contributed by atoms with Gasteiger partial charge in [0.25, 0.3) is 0 Å². The fourth-order valence-electron chi connectivity index (χ4n) is 3.27. The van der Waals surface area contributed by atoms with Gasteiger partial charge in [-0.15, -0.1) is 0 Å². The third-order valence-electron chi connectivity index (χ3n) is 4.52. The van der Waals surface area contributed by atoms with E-state index in [1.165, 1.54) is 29.7 Å². The largest absolute Gasteiger partial charge is 0.382 e. The molecule has 5 heteroatoms. The molecule has 0 atom stereocenters. The van der Waals surface area contributed by atoms with Crippen LogP contribution in [0.25, 0.3) is 22.3 Å². The first-order valence-electron chi connectivity index (χ1n) is 8.16. The molecule has 5 nitrogen and oxygen atoms in total. The highest BCUT2D eigenvalue weighted by atomic mass is 15.0. The third kappa shape index (κ3) is 2.92. The molecule has 2 aromatic heterocycles. The lowest BCUT2D eigenvalue weighted by Crippen LogP contribution is -2.35. The van der Waals surface area contributed by atoms with Crippen LogP contribution in [0.1, 0.15) is 18.4 Å². The Morgan fingerprint density at radius 1 is 1.17 bits per heavy atom. The summed E-state index contributed by atoms with van der Waals surface area (Å²) in [7, 11) is 0. The third-order valence-corrected chi connectivity index (χ3v) is 4.52. The van der Waals surface area contributed by atoms with Crippen LogP contribution < -0.4 is 10.6 Å². The number of hydrogen-bond acceptors (Lipinski definition) is 4. The topological polar surface area (TPSA) is 65.6 Å². The molecule has 0 unspecified atom stereocenters. The van der Waals surface area contributed by atoms with Gasteiger partial charge in [0.1, 0.15) is 12.0 Å². The molecule has 0 saturated carbocycles. The predicted molar refractivity (Wildman–Crippen MR) is 93.6 cm³/mol. The van der Waals surface area contributed by atoms with Gasteiger partial charge in [0.15, 0.2) is 0 Å². The van der Waals surface area contributed by atoms with Crippen LogP contribution in [0.15, 0.2) is 36.8 Å². The highest BCUT2D eigenvalue weighted by molar-refractivity contribution is 5.83. The first kappa shape index (κ1) is 14.2. The maximum atomic E-state index is 4.27. The van der Waals surface area contributed by atoms with Crippen molar-refractivity contribution in [1.29, 1.82) is 0 Å². The minimum absolute atomic E-state index is 0.574. The smallest absolute Gasteiger partial charge is 0.141 e. The summed E-state index contributed by atoms with van der Waals surface area (Å²) < 4.78 is 0. The van der Waals surface area contributed by atoms with Gasteiger partial charge in [-0.1, -0.05) is 6.07 Å². The molecular formula is C18H21N5. The Bertz CT molecular complexity index is 784. The zero-order valence-electron chi connectivity index (χ0n) is 13.3. The maximum Gasteiger partial charge on any atom is 0.141 e. The van der Waals surface area contributed by atoms with E-state index in [1.54, 1.807) is 6.33 Å². The molecule has 1 aliphatic heterocycles. The van der Waals surface area contributed by atoms with E-state index < -0.39 is 0 Å². The molecular weight excluding hydrogens is 286 g/mol. The van der Waals surface area contributed by atoms with Crippen molar-refractivity contribution in [3.63, 3.8) is 0 Å². The molecule has 1 aliphatic rings. The van der Waals surface area contributed by atoms with E-state index in [4.69, 9.17) is 0 Å². The minimum atomic E-state index is 0.574. The molecule has 0 spiro atoms. The molecule has 3 aromatic rings. The molecule has 3 N–H and O–H groups in total. The first-order valence-corrected chi connectivity index (χ1v) is 8.16. The van der Waals surface area contributed by atoms with Crippen molar-refractivity contribution < 1.29 is 0 Å². The molecule has 0 bridgehead atoms. The van der Waals surface area contributed by atoms with Crippen molar-refractivity contribution in [3.05, 3.63) is 42.4 Å². The number of aromatic amines is 1.